The molecule has 0 N–H and O–H groups in total. The molecule has 0 saturated carbocycles. The lowest BCUT2D eigenvalue weighted by atomic mass is 9.97. The Kier molecular flexibility index (Phi) is 12.0. The fraction of sp³-hybridized carbons (Fsp3) is 0.750. The van der Waals surface area contributed by atoms with E-state index in [9.17, 15) is 20.1 Å². The number of nitriles is 2. The average molecular weight is 543 g/mol. The average Bonchev–Trinajstić information content (AvgIpc) is 2.65. The van der Waals surface area contributed by atoms with Gasteiger partial charge in [0.1, 0.15) is 13.2 Å². The first-order valence-electron chi connectivity index (χ1n) is 8.24. The van der Waals surface area contributed by atoms with Gasteiger partial charge >= 0.3 is 11.9 Å². The Morgan fingerprint density at radius 2 is 1.07 bits per heavy atom. The molecular weight excluding hydrogens is 525 g/mol. The summed E-state index contributed by atoms with van der Waals surface area (Å²) in [6.07, 6.45) is -0.510. The lowest BCUT2D eigenvalue weighted by Crippen LogP contribution is -2.26. The summed E-state index contributed by atoms with van der Waals surface area (Å²) < 4.78 is 6.06. The van der Waals surface area contributed by atoms with Crippen molar-refractivity contribution in [1.82, 2.24) is 0 Å². The Bertz CT molecular complexity index is 665. The molecule has 2 unspecified atom stereocenters. The zero-order chi connectivity index (χ0) is 23.6. The monoisotopic (exact) mass is 540 g/mol. The van der Waals surface area contributed by atoms with Crippen LogP contribution in [0.15, 0.2) is 10.2 Å². The maximum absolute atomic E-state index is 11.7. The molecule has 0 aliphatic rings. The summed E-state index contributed by atoms with van der Waals surface area (Å²) in [5.41, 5.74) is -2.85. The third kappa shape index (κ3) is 14.3. The van der Waals surface area contributed by atoms with Crippen LogP contribution in [0.3, 0.4) is 0 Å². The van der Waals surface area contributed by atoms with Crippen LogP contribution in [0.4, 0.5) is 0 Å². The van der Waals surface area contributed by atoms with Crippen molar-refractivity contribution < 1.29 is 19.1 Å². The molecule has 0 aromatic carbocycles. The smallest absolute Gasteiger partial charge is 0.306 e. The summed E-state index contributed by atoms with van der Waals surface area (Å²) in [5, 5.41) is 26.6. The predicted molar refractivity (Wildman–Crippen MR) is 114 cm³/mol. The van der Waals surface area contributed by atoms with Crippen molar-refractivity contribution in [3.8, 4) is 12.1 Å². The fourth-order valence-electron chi connectivity index (χ4n) is 1.64. The van der Waals surface area contributed by atoms with E-state index in [0.29, 0.717) is 0 Å². The van der Waals surface area contributed by atoms with Crippen molar-refractivity contribution >= 4 is 81.5 Å². The number of esters is 2. The Hall–Kier alpha value is -0.740. The minimum absolute atomic E-state index is 0.0571. The second kappa shape index (κ2) is 12.3. The molecule has 0 aliphatic carbocycles. The van der Waals surface area contributed by atoms with Gasteiger partial charge in [0.05, 0.1) is 12.1 Å². The first-order chi connectivity index (χ1) is 13.5. The molecule has 14 heteroatoms. The SMILES string of the molecule is CC(C#N)(CCC(=O)OCC(Cl)(Cl)Cl)N=NC(C)(C#N)CCC(=O)OCC(Cl)(Cl)Cl. The first kappa shape index (κ1) is 29.3. The summed E-state index contributed by atoms with van der Waals surface area (Å²) in [4.78, 5) is 23.4. The molecule has 0 heterocycles. The molecule has 30 heavy (non-hydrogen) atoms. The minimum atomic E-state index is -1.75. The topological polar surface area (TPSA) is 125 Å². The molecular formula is C16H18Cl6N4O4. The van der Waals surface area contributed by atoms with Crippen LogP contribution in [-0.4, -0.2) is 43.8 Å². The summed E-state index contributed by atoms with van der Waals surface area (Å²) in [6.45, 7) is 1.96. The number of hydrogen-bond acceptors (Lipinski definition) is 8. The van der Waals surface area contributed by atoms with Gasteiger partial charge in [0.2, 0.25) is 7.59 Å². The zero-order valence-electron chi connectivity index (χ0n) is 15.9. The fourth-order valence-corrected chi connectivity index (χ4v) is 1.96. The van der Waals surface area contributed by atoms with Gasteiger partial charge in [0.15, 0.2) is 11.1 Å². The number of nitrogens with zero attached hydrogens (tertiary/aromatic N) is 4. The van der Waals surface area contributed by atoms with Crippen LogP contribution in [-0.2, 0) is 19.1 Å². The van der Waals surface area contributed by atoms with E-state index in [1.807, 2.05) is 12.1 Å². The van der Waals surface area contributed by atoms with Crippen molar-refractivity contribution in [2.24, 2.45) is 10.2 Å². The van der Waals surface area contributed by atoms with Crippen LogP contribution in [0, 0.1) is 22.7 Å². The zero-order valence-corrected chi connectivity index (χ0v) is 20.5. The first-order valence-corrected chi connectivity index (χ1v) is 10.5. The second-order valence-corrected chi connectivity index (χ2v) is 11.6. The summed E-state index contributed by atoms with van der Waals surface area (Å²) in [7, 11) is 0. The van der Waals surface area contributed by atoms with E-state index >= 15 is 0 Å². The number of rotatable bonds is 10. The van der Waals surface area contributed by atoms with Gasteiger partial charge < -0.3 is 9.47 Å². The highest BCUT2D eigenvalue weighted by Gasteiger charge is 2.31. The molecule has 8 nitrogen and oxygen atoms in total. The van der Waals surface area contributed by atoms with E-state index in [-0.39, 0.29) is 25.7 Å². The van der Waals surface area contributed by atoms with Crippen LogP contribution in [0.1, 0.15) is 39.5 Å². The van der Waals surface area contributed by atoms with Crippen molar-refractivity contribution in [2.75, 3.05) is 13.2 Å². The number of halogens is 6. The number of ether oxygens (including phenoxy) is 2. The van der Waals surface area contributed by atoms with Crippen molar-refractivity contribution in [2.45, 2.75) is 58.2 Å². The number of azo groups is 1. The lowest BCUT2D eigenvalue weighted by molar-refractivity contribution is -0.144. The molecule has 0 aromatic rings. The number of hydrogen-bond donors (Lipinski definition) is 0. The molecule has 0 fully saturated rings. The van der Waals surface area contributed by atoms with Gasteiger partial charge in [-0.25, -0.2) is 0 Å². The molecule has 168 valence electrons. The van der Waals surface area contributed by atoms with Crippen LogP contribution < -0.4 is 0 Å². The van der Waals surface area contributed by atoms with Crippen molar-refractivity contribution in [1.29, 1.82) is 10.5 Å². The maximum Gasteiger partial charge on any atom is 0.306 e. The molecule has 0 bridgehead atoms. The predicted octanol–water partition coefficient (Wildman–Crippen LogP) is 5.39. The summed E-state index contributed by atoms with van der Waals surface area (Å²) >= 11 is 32.9. The van der Waals surface area contributed by atoms with Crippen LogP contribution in [0.2, 0.25) is 0 Å². The van der Waals surface area contributed by atoms with E-state index in [4.69, 9.17) is 79.1 Å². The van der Waals surface area contributed by atoms with Crippen LogP contribution in [0.5, 0.6) is 0 Å². The number of carbonyl (C=O) groups excluding carboxylic acids is 2. The molecule has 0 radical (unpaired) electrons. The standard InChI is InChI=1S/C16H18Cl6N4O4/c1-13(7-23,5-3-11(27)29-9-15(17,18)19)25-26-14(2,8-24)6-4-12(28)30-10-16(20,21)22/h3-6,9-10H2,1-2H3. The highest BCUT2D eigenvalue weighted by atomic mass is 35.6. The van der Waals surface area contributed by atoms with E-state index in [1.54, 1.807) is 0 Å². The molecule has 0 spiro atoms. The molecule has 0 aromatic heterocycles. The van der Waals surface area contributed by atoms with E-state index < -0.39 is 43.8 Å². The van der Waals surface area contributed by atoms with Crippen molar-refractivity contribution in [3.63, 3.8) is 0 Å². The Morgan fingerprint density at radius 3 is 1.30 bits per heavy atom. The molecule has 0 rings (SSSR count). The number of alkyl halides is 6. The maximum atomic E-state index is 11.7. The lowest BCUT2D eigenvalue weighted by Gasteiger charge is -2.19. The van der Waals surface area contributed by atoms with Crippen molar-refractivity contribution in [3.05, 3.63) is 0 Å². The molecule has 0 amide bonds. The Morgan fingerprint density at radius 1 is 0.767 bits per heavy atom. The van der Waals surface area contributed by atoms with E-state index in [2.05, 4.69) is 10.2 Å². The highest BCUT2D eigenvalue weighted by molar-refractivity contribution is 6.68. The van der Waals surface area contributed by atoms with Gasteiger partial charge in [-0.2, -0.15) is 20.8 Å². The van der Waals surface area contributed by atoms with E-state index in [1.165, 1.54) is 13.8 Å². The second-order valence-electron chi connectivity index (χ2n) is 6.52. The van der Waals surface area contributed by atoms with Gasteiger partial charge in [-0.05, 0) is 26.7 Å². The van der Waals surface area contributed by atoms with Gasteiger partial charge in [-0.3, -0.25) is 9.59 Å². The quantitative estimate of drug-likeness (QED) is 0.207. The Labute approximate surface area is 204 Å². The third-order valence-corrected chi connectivity index (χ3v) is 4.05. The molecule has 0 aliphatic heterocycles. The minimum Gasteiger partial charge on any atom is -0.461 e. The third-order valence-electron chi connectivity index (χ3n) is 3.40. The van der Waals surface area contributed by atoms with Gasteiger partial charge in [0.25, 0.3) is 0 Å². The Balaban J connectivity index is 4.85. The van der Waals surface area contributed by atoms with Gasteiger partial charge in [-0.15, -0.1) is 0 Å². The van der Waals surface area contributed by atoms with Crippen LogP contribution >= 0.6 is 69.6 Å². The molecule has 0 saturated heterocycles. The van der Waals surface area contributed by atoms with Crippen LogP contribution in [0.25, 0.3) is 0 Å². The van der Waals surface area contributed by atoms with Gasteiger partial charge in [-0.1, -0.05) is 69.6 Å². The largest absolute Gasteiger partial charge is 0.461 e. The normalized spacial score (nSPS) is 16.1. The summed E-state index contributed by atoms with van der Waals surface area (Å²) in [5.74, 6) is -1.39. The number of carbonyl (C=O) groups is 2. The summed E-state index contributed by atoms with van der Waals surface area (Å²) in [6, 6.07) is 3.83. The highest BCUT2D eigenvalue weighted by Crippen LogP contribution is 2.28. The molecule has 2 atom stereocenters. The van der Waals surface area contributed by atoms with E-state index in [0.717, 1.165) is 0 Å². The van der Waals surface area contributed by atoms with Gasteiger partial charge in [0, 0.05) is 12.8 Å².